The predicted octanol–water partition coefficient (Wildman–Crippen LogP) is 3.24. The van der Waals surface area contributed by atoms with Gasteiger partial charge in [-0.3, -0.25) is 9.48 Å². The van der Waals surface area contributed by atoms with Gasteiger partial charge in [0.05, 0.1) is 30.7 Å². The summed E-state index contributed by atoms with van der Waals surface area (Å²) in [6, 6.07) is 9.04. The molecule has 0 amide bonds. The molecule has 4 nitrogen and oxygen atoms in total. The van der Waals surface area contributed by atoms with Gasteiger partial charge in [0.2, 0.25) is 0 Å². The lowest BCUT2D eigenvalue weighted by Gasteiger charge is -2.08. The van der Waals surface area contributed by atoms with Crippen molar-refractivity contribution in [3.8, 4) is 6.07 Å². The Hall–Kier alpha value is -3.07. The van der Waals surface area contributed by atoms with Crippen molar-refractivity contribution in [1.29, 1.82) is 5.26 Å². The minimum atomic E-state index is -0.917. The highest BCUT2D eigenvalue weighted by atomic mass is 19.2. The van der Waals surface area contributed by atoms with Gasteiger partial charge in [-0.15, -0.1) is 0 Å². The molecule has 3 aromatic rings. The zero-order valence-electron chi connectivity index (χ0n) is 12.0. The van der Waals surface area contributed by atoms with Crippen LogP contribution in [0.25, 0.3) is 10.9 Å². The number of nitrogens with zero attached hydrogens (tertiary/aromatic N) is 3. The topological polar surface area (TPSA) is 58.7 Å². The number of carbonyl (C=O) groups is 1. The average Bonchev–Trinajstić information content (AvgIpc) is 2.94. The maximum Gasteiger partial charge on any atom is 0.159 e. The van der Waals surface area contributed by atoms with E-state index in [1.807, 2.05) is 0 Å². The molecule has 0 aliphatic carbocycles. The summed E-state index contributed by atoms with van der Waals surface area (Å²) in [6.45, 7) is 0.236. The number of hydrogen-bond donors (Lipinski definition) is 0. The molecular formula is C17H11F2N3O. The third-order valence-corrected chi connectivity index (χ3v) is 3.56. The van der Waals surface area contributed by atoms with Crippen molar-refractivity contribution in [3.63, 3.8) is 0 Å². The van der Waals surface area contributed by atoms with E-state index in [1.54, 1.807) is 23.0 Å². The first-order valence-corrected chi connectivity index (χ1v) is 6.87. The molecule has 0 N–H and O–H groups in total. The number of nitriles is 1. The molecule has 114 valence electrons. The van der Waals surface area contributed by atoms with Gasteiger partial charge >= 0.3 is 0 Å². The summed E-state index contributed by atoms with van der Waals surface area (Å²) >= 11 is 0. The van der Waals surface area contributed by atoms with Crippen molar-refractivity contribution >= 4 is 17.2 Å². The van der Waals surface area contributed by atoms with Crippen LogP contribution in [0.3, 0.4) is 0 Å². The molecule has 6 heteroatoms. The summed E-state index contributed by atoms with van der Waals surface area (Å²) in [5, 5.41) is 13.9. The monoisotopic (exact) mass is 311 g/mol. The van der Waals surface area contributed by atoms with Crippen LogP contribution in [0.2, 0.25) is 0 Å². The molecular weight excluding hydrogens is 300 g/mol. The minimum absolute atomic E-state index is 0.127. The Morgan fingerprint density at radius 3 is 2.74 bits per heavy atom. The van der Waals surface area contributed by atoms with E-state index in [-0.39, 0.29) is 13.0 Å². The molecule has 0 fully saturated rings. The van der Waals surface area contributed by atoms with Gasteiger partial charge in [0, 0.05) is 10.9 Å². The zero-order valence-corrected chi connectivity index (χ0v) is 12.0. The van der Waals surface area contributed by atoms with Gasteiger partial charge < -0.3 is 0 Å². The van der Waals surface area contributed by atoms with Gasteiger partial charge in [-0.25, -0.2) is 8.78 Å². The van der Waals surface area contributed by atoms with E-state index in [0.717, 1.165) is 17.5 Å². The molecule has 3 rings (SSSR count). The Bertz CT molecular complexity index is 941. The number of halogens is 2. The van der Waals surface area contributed by atoms with E-state index >= 15 is 0 Å². The first kappa shape index (κ1) is 14.9. The lowest BCUT2D eigenvalue weighted by Crippen LogP contribution is -2.04. The highest BCUT2D eigenvalue weighted by Crippen LogP contribution is 2.22. The van der Waals surface area contributed by atoms with Crippen LogP contribution >= 0.6 is 0 Å². The van der Waals surface area contributed by atoms with Crippen molar-refractivity contribution < 1.29 is 13.6 Å². The fraction of sp³-hybridized carbons (Fsp3) is 0.118. The van der Waals surface area contributed by atoms with Crippen LogP contribution in [0.1, 0.15) is 21.5 Å². The molecule has 0 aliphatic rings. The van der Waals surface area contributed by atoms with Crippen molar-refractivity contribution in [2.24, 2.45) is 0 Å². The molecule has 0 saturated carbocycles. The molecule has 0 bridgehead atoms. The number of fused-ring (bicyclic) bond motifs is 1. The molecule has 0 aliphatic heterocycles. The van der Waals surface area contributed by atoms with Gasteiger partial charge in [0.25, 0.3) is 0 Å². The van der Waals surface area contributed by atoms with Crippen molar-refractivity contribution in [1.82, 2.24) is 9.78 Å². The van der Waals surface area contributed by atoms with E-state index in [4.69, 9.17) is 5.26 Å². The Kier molecular flexibility index (Phi) is 3.85. The maximum atomic E-state index is 13.3. The fourth-order valence-electron chi connectivity index (χ4n) is 2.57. The molecule has 1 aromatic heterocycles. The summed E-state index contributed by atoms with van der Waals surface area (Å²) < 4.78 is 28.0. The fourth-order valence-corrected chi connectivity index (χ4v) is 2.57. The Morgan fingerprint density at radius 2 is 2.04 bits per heavy atom. The second kappa shape index (κ2) is 5.97. The van der Waals surface area contributed by atoms with E-state index in [9.17, 15) is 13.6 Å². The molecule has 0 radical (unpaired) electrons. The summed E-state index contributed by atoms with van der Waals surface area (Å²) in [5.41, 5.74) is 2.40. The van der Waals surface area contributed by atoms with E-state index in [1.165, 1.54) is 6.07 Å². The van der Waals surface area contributed by atoms with E-state index in [0.29, 0.717) is 28.5 Å². The van der Waals surface area contributed by atoms with Crippen LogP contribution in [-0.4, -0.2) is 16.1 Å². The standard InChI is InChI=1S/C17H11F2N3O/c18-15-2-1-11(7-16(15)19)9-22-17-13(3-4-20)5-12(10-23)6-14(17)8-21-22/h1-2,5-8,10H,3,9H2. The van der Waals surface area contributed by atoms with Crippen LogP contribution < -0.4 is 0 Å². The zero-order chi connectivity index (χ0) is 16.4. The smallest absolute Gasteiger partial charge is 0.159 e. The first-order chi connectivity index (χ1) is 11.1. The molecule has 1 heterocycles. The predicted molar refractivity (Wildman–Crippen MR) is 79.9 cm³/mol. The van der Waals surface area contributed by atoms with Gasteiger partial charge in [-0.2, -0.15) is 10.4 Å². The molecule has 0 unspecified atom stereocenters. The van der Waals surface area contributed by atoms with Crippen LogP contribution in [0, 0.1) is 23.0 Å². The second-order valence-corrected chi connectivity index (χ2v) is 5.12. The number of benzene rings is 2. The second-order valence-electron chi connectivity index (χ2n) is 5.12. The summed E-state index contributed by atoms with van der Waals surface area (Å²) in [7, 11) is 0. The van der Waals surface area contributed by atoms with Crippen LogP contribution in [0.5, 0.6) is 0 Å². The van der Waals surface area contributed by atoms with Gasteiger partial charge in [-0.05, 0) is 35.4 Å². The Balaban J connectivity index is 2.09. The lowest BCUT2D eigenvalue weighted by atomic mass is 10.0. The first-order valence-electron chi connectivity index (χ1n) is 6.87. The number of rotatable bonds is 4. The summed E-state index contributed by atoms with van der Waals surface area (Å²) in [5.74, 6) is -1.82. The minimum Gasteiger partial charge on any atom is -0.298 e. The van der Waals surface area contributed by atoms with Crippen LogP contribution in [0.4, 0.5) is 8.78 Å². The molecule has 2 aromatic carbocycles. The maximum absolute atomic E-state index is 13.3. The van der Waals surface area contributed by atoms with E-state index < -0.39 is 11.6 Å². The van der Waals surface area contributed by atoms with Crippen molar-refractivity contribution in [2.75, 3.05) is 0 Å². The third kappa shape index (κ3) is 2.81. The number of carbonyl (C=O) groups excluding carboxylic acids is 1. The van der Waals surface area contributed by atoms with Crippen LogP contribution in [0.15, 0.2) is 36.5 Å². The van der Waals surface area contributed by atoms with Gasteiger partial charge in [0.15, 0.2) is 11.6 Å². The van der Waals surface area contributed by atoms with Gasteiger partial charge in [-0.1, -0.05) is 6.07 Å². The number of hydrogen-bond acceptors (Lipinski definition) is 3. The normalized spacial score (nSPS) is 10.7. The average molecular weight is 311 g/mol. The number of aldehydes is 1. The molecule has 0 saturated heterocycles. The highest BCUT2D eigenvalue weighted by molar-refractivity contribution is 5.89. The van der Waals surface area contributed by atoms with Gasteiger partial charge in [0.1, 0.15) is 6.29 Å². The summed E-state index contributed by atoms with van der Waals surface area (Å²) in [6.07, 6.45) is 2.43. The molecule has 23 heavy (non-hydrogen) atoms. The number of aromatic nitrogens is 2. The molecule has 0 spiro atoms. The quantitative estimate of drug-likeness (QED) is 0.695. The van der Waals surface area contributed by atoms with E-state index in [2.05, 4.69) is 11.2 Å². The Labute approximate surface area is 130 Å². The lowest BCUT2D eigenvalue weighted by molar-refractivity contribution is 0.112. The van der Waals surface area contributed by atoms with Crippen molar-refractivity contribution in [3.05, 3.63) is 64.9 Å². The summed E-state index contributed by atoms with van der Waals surface area (Å²) in [4.78, 5) is 11.0. The van der Waals surface area contributed by atoms with Crippen molar-refractivity contribution in [2.45, 2.75) is 13.0 Å². The largest absolute Gasteiger partial charge is 0.298 e. The molecule has 0 atom stereocenters. The van der Waals surface area contributed by atoms with Crippen LogP contribution in [-0.2, 0) is 13.0 Å². The highest BCUT2D eigenvalue weighted by Gasteiger charge is 2.11. The SMILES string of the molecule is N#CCc1cc(C=O)cc2cnn(Cc3ccc(F)c(F)c3)c12. The Morgan fingerprint density at radius 1 is 1.22 bits per heavy atom. The third-order valence-electron chi connectivity index (χ3n) is 3.56.